The van der Waals surface area contributed by atoms with Crippen LogP contribution >= 0.6 is 0 Å². The van der Waals surface area contributed by atoms with Gasteiger partial charge in [-0.1, -0.05) is 36.8 Å². The summed E-state index contributed by atoms with van der Waals surface area (Å²) in [6.07, 6.45) is 2.23. The molecule has 1 heterocycles. The number of likely N-dealkylation sites (tertiary alicyclic amines) is 1. The summed E-state index contributed by atoms with van der Waals surface area (Å²) in [7, 11) is 0. The van der Waals surface area contributed by atoms with Crippen molar-refractivity contribution in [2.24, 2.45) is 5.92 Å². The number of carbonyl (C=O) groups is 1. The summed E-state index contributed by atoms with van der Waals surface area (Å²) in [6, 6.07) is 8.46. The molecule has 3 nitrogen and oxygen atoms in total. The molecule has 2 rings (SSSR count). The summed E-state index contributed by atoms with van der Waals surface area (Å²) in [5.74, 6) is 0.749. The molecule has 1 fully saturated rings. The van der Waals surface area contributed by atoms with Gasteiger partial charge in [-0.2, -0.15) is 0 Å². The van der Waals surface area contributed by atoms with Crippen molar-refractivity contribution in [2.75, 3.05) is 13.1 Å². The number of rotatable bonds is 2. The highest BCUT2D eigenvalue weighted by Crippen LogP contribution is 2.18. The van der Waals surface area contributed by atoms with Crippen LogP contribution < -0.4 is 5.32 Å². The Morgan fingerprint density at radius 1 is 1.26 bits per heavy atom. The number of piperidine rings is 1. The zero-order valence-electron chi connectivity index (χ0n) is 12.1. The number of urea groups is 1. The van der Waals surface area contributed by atoms with E-state index in [1.807, 2.05) is 11.8 Å². The Morgan fingerprint density at radius 3 is 2.42 bits per heavy atom. The molecule has 1 aliphatic heterocycles. The average molecular weight is 260 g/mol. The van der Waals surface area contributed by atoms with Crippen LogP contribution in [0.3, 0.4) is 0 Å². The molecule has 1 aliphatic rings. The third-order valence-electron chi connectivity index (χ3n) is 3.99. The molecule has 0 radical (unpaired) electrons. The second-order valence-corrected chi connectivity index (χ2v) is 5.75. The van der Waals surface area contributed by atoms with Crippen molar-refractivity contribution >= 4 is 6.03 Å². The average Bonchev–Trinajstić information content (AvgIpc) is 2.40. The minimum absolute atomic E-state index is 0.0625. The van der Waals surface area contributed by atoms with Gasteiger partial charge in [0.2, 0.25) is 0 Å². The van der Waals surface area contributed by atoms with Crippen LogP contribution in [0.4, 0.5) is 4.79 Å². The number of benzene rings is 1. The van der Waals surface area contributed by atoms with Gasteiger partial charge in [0.1, 0.15) is 0 Å². The van der Waals surface area contributed by atoms with Crippen LogP contribution in [0.1, 0.15) is 43.9 Å². The highest BCUT2D eigenvalue weighted by Gasteiger charge is 2.21. The van der Waals surface area contributed by atoms with E-state index in [2.05, 4.69) is 43.4 Å². The first-order chi connectivity index (χ1) is 9.06. The summed E-state index contributed by atoms with van der Waals surface area (Å²) in [4.78, 5) is 14.1. The van der Waals surface area contributed by atoms with Gasteiger partial charge in [-0.3, -0.25) is 0 Å². The van der Waals surface area contributed by atoms with E-state index in [1.54, 1.807) is 0 Å². The van der Waals surface area contributed by atoms with Gasteiger partial charge in [-0.25, -0.2) is 4.79 Å². The first-order valence-electron chi connectivity index (χ1n) is 7.18. The predicted molar refractivity (Wildman–Crippen MR) is 78.1 cm³/mol. The highest BCUT2D eigenvalue weighted by molar-refractivity contribution is 5.74. The fraction of sp³-hybridized carbons (Fsp3) is 0.562. The topological polar surface area (TPSA) is 32.3 Å². The third-order valence-corrected chi connectivity index (χ3v) is 3.99. The summed E-state index contributed by atoms with van der Waals surface area (Å²) < 4.78 is 0. The summed E-state index contributed by atoms with van der Waals surface area (Å²) in [6.45, 7) is 8.13. The lowest BCUT2D eigenvalue weighted by atomic mass is 9.99. The van der Waals surface area contributed by atoms with Crippen LogP contribution in [0.15, 0.2) is 24.3 Å². The molecule has 104 valence electrons. The molecule has 1 saturated heterocycles. The molecule has 1 aromatic carbocycles. The minimum Gasteiger partial charge on any atom is -0.331 e. The Kier molecular flexibility index (Phi) is 4.46. The molecular formula is C16H24N2O. The molecule has 1 unspecified atom stereocenters. The van der Waals surface area contributed by atoms with Crippen LogP contribution in [-0.2, 0) is 0 Å². The summed E-state index contributed by atoms with van der Waals surface area (Å²) in [5.41, 5.74) is 2.40. The first kappa shape index (κ1) is 13.9. The van der Waals surface area contributed by atoms with Crippen molar-refractivity contribution < 1.29 is 4.79 Å². The number of nitrogens with zero attached hydrogens (tertiary/aromatic N) is 1. The molecule has 0 aromatic heterocycles. The Hall–Kier alpha value is -1.51. The maximum Gasteiger partial charge on any atom is 0.317 e. The lowest BCUT2D eigenvalue weighted by molar-refractivity contribution is 0.171. The molecule has 1 aromatic rings. The molecular weight excluding hydrogens is 236 g/mol. The highest BCUT2D eigenvalue weighted by atomic mass is 16.2. The molecule has 0 bridgehead atoms. The van der Waals surface area contributed by atoms with E-state index < -0.39 is 0 Å². The molecule has 0 aliphatic carbocycles. The van der Waals surface area contributed by atoms with Crippen molar-refractivity contribution in [3.63, 3.8) is 0 Å². The fourth-order valence-corrected chi connectivity index (χ4v) is 2.43. The van der Waals surface area contributed by atoms with Crippen LogP contribution in [0.25, 0.3) is 0 Å². The van der Waals surface area contributed by atoms with Crippen molar-refractivity contribution in [2.45, 2.75) is 39.7 Å². The second kappa shape index (κ2) is 6.09. The quantitative estimate of drug-likeness (QED) is 0.867. The zero-order chi connectivity index (χ0) is 13.8. The standard InChI is InChI=1S/C16H24N2O/c1-12-4-6-15(7-5-12)14(3)17-16(19)18-10-8-13(2)9-11-18/h4-7,13-14H,8-11H2,1-3H3,(H,17,19). The number of amides is 2. The van der Waals surface area contributed by atoms with Gasteiger partial charge in [0, 0.05) is 13.1 Å². The Balaban J connectivity index is 1.89. The number of carbonyl (C=O) groups excluding carboxylic acids is 1. The summed E-state index contributed by atoms with van der Waals surface area (Å²) >= 11 is 0. The maximum atomic E-state index is 12.2. The van der Waals surface area contributed by atoms with E-state index in [0.717, 1.165) is 37.4 Å². The van der Waals surface area contributed by atoms with Gasteiger partial charge in [0.15, 0.2) is 0 Å². The lowest BCUT2D eigenvalue weighted by Crippen LogP contribution is -2.44. The van der Waals surface area contributed by atoms with E-state index >= 15 is 0 Å². The number of hydrogen-bond acceptors (Lipinski definition) is 1. The van der Waals surface area contributed by atoms with Crippen molar-refractivity contribution in [1.82, 2.24) is 10.2 Å². The predicted octanol–water partition coefficient (Wildman–Crippen LogP) is 3.50. The van der Waals surface area contributed by atoms with Gasteiger partial charge in [0.25, 0.3) is 0 Å². The van der Waals surface area contributed by atoms with Gasteiger partial charge < -0.3 is 10.2 Å². The summed E-state index contributed by atoms with van der Waals surface area (Å²) in [5, 5.41) is 3.09. The molecule has 0 spiro atoms. The Labute approximate surface area is 116 Å². The molecule has 19 heavy (non-hydrogen) atoms. The first-order valence-corrected chi connectivity index (χ1v) is 7.18. The van der Waals surface area contributed by atoms with E-state index in [-0.39, 0.29) is 12.1 Å². The smallest absolute Gasteiger partial charge is 0.317 e. The third kappa shape index (κ3) is 3.72. The van der Waals surface area contributed by atoms with Crippen LogP contribution in [-0.4, -0.2) is 24.0 Å². The number of aryl methyl sites for hydroxylation is 1. The Morgan fingerprint density at radius 2 is 1.84 bits per heavy atom. The monoisotopic (exact) mass is 260 g/mol. The van der Waals surface area contributed by atoms with E-state index in [0.29, 0.717) is 0 Å². The van der Waals surface area contributed by atoms with Gasteiger partial charge >= 0.3 is 6.03 Å². The van der Waals surface area contributed by atoms with Gasteiger partial charge in [-0.05, 0) is 38.2 Å². The SMILES string of the molecule is Cc1ccc(C(C)NC(=O)N2CCC(C)CC2)cc1. The normalized spacial score (nSPS) is 18.2. The second-order valence-electron chi connectivity index (χ2n) is 5.75. The van der Waals surface area contributed by atoms with Crippen molar-refractivity contribution in [3.8, 4) is 0 Å². The largest absolute Gasteiger partial charge is 0.331 e. The molecule has 2 amide bonds. The minimum atomic E-state index is 0.0625. The van der Waals surface area contributed by atoms with Gasteiger partial charge in [0.05, 0.1) is 6.04 Å². The zero-order valence-corrected chi connectivity index (χ0v) is 12.1. The fourth-order valence-electron chi connectivity index (χ4n) is 2.43. The lowest BCUT2D eigenvalue weighted by Gasteiger charge is -2.31. The van der Waals surface area contributed by atoms with E-state index in [9.17, 15) is 4.79 Å². The number of nitrogens with one attached hydrogen (secondary N) is 1. The van der Waals surface area contributed by atoms with Crippen molar-refractivity contribution in [3.05, 3.63) is 35.4 Å². The molecule has 1 N–H and O–H groups in total. The van der Waals surface area contributed by atoms with Crippen LogP contribution in [0, 0.1) is 12.8 Å². The van der Waals surface area contributed by atoms with E-state index in [1.165, 1.54) is 5.56 Å². The molecule has 1 atom stereocenters. The molecule has 0 saturated carbocycles. The Bertz CT molecular complexity index is 419. The number of hydrogen-bond donors (Lipinski definition) is 1. The van der Waals surface area contributed by atoms with E-state index in [4.69, 9.17) is 0 Å². The van der Waals surface area contributed by atoms with Gasteiger partial charge in [-0.15, -0.1) is 0 Å². The maximum absolute atomic E-state index is 12.2. The van der Waals surface area contributed by atoms with Crippen LogP contribution in [0.5, 0.6) is 0 Å². The van der Waals surface area contributed by atoms with Crippen LogP contribution in [0.2, 0.25) is 0 Å². The van der Waals surface area contributed by atoms with Crippen molar-refractivity contribution in [1.29, 1.82) is 0 Å². The molecule has 3 heteroatoms.